The van der Waals surface area contributed by atoms with Crippen LogP contribution in [0.3, 0.4) is 0 Å². The van der Waals surface area contributed by atoms with E-state index >= 15 is 0 Å². The summed E-state index contributed by atoms with van der Waals surface area (Å²) in [5.41, 5.74) is 2.66. The molecule has 2 heterocycles. The molecular weight excluding hydrogens is 300 g/mol. The van der Waals surface area contributed by atoms with Crippen molar-refractivity contribution in [2.45, 2.75) is 38.3 Å². The van der Waals surface area contributed by atoms with Crippen LogP contribution >= 0.6 is 12.4 Å². The van der Waals surface area contributed by atoms with E-state index in [0.717, 1.165) is 39.0 Å². The summed E-state index contributed by atoms with van der Waals surface area (Å²) in [6, 6.07) is 8.61. The third-order valence-electron chi connectivity index (χ3n) is 4.59. The molecule has 1 amide bonds. The standard InChI is InChI=1S/C17H24N2O2.ClH/c1-13-16-7-3-2-5-14(16)8-9-19(13)17(20)12-18-11-15-6-4-10-21-15;/h2-3,5,7,13,15,18H,4,6,8-12H2,1H3;1H. The molecule has 2 unspecified atom stereocenters. The quantitative estimate of drug-likeness (QED) is 0.924. The van der Waals surface area contributed by atoms with Gasteiger partial charge in [-0.1, -0.05) is 24.3 Å². The monoisotopic (exact) mass is 324 g/mol. The topological polar surface area (TPSA) is 41.6 Å². The Bertz CT molecular complexity index is 503. The average molecular weight is 325 g/mol. The van der Waals surface area contributed by atoms with Gasteiger partial charge in [0.2, 0.25) is 5.91 Å². The number of carbonyl (C=O) groups excluding carboxylic acids is 1. The molecule has 2 aliphatic heterocycles. The van der Waals surface area contributed by atoms with E-state index < -0.39 is 0 Å². The predicted octanol–water partition coefficient (Wildman–Crippen LogP) is 2.32. The minimum Gasteiger partial charge on any atom is -0.377 e. The summed E-state index contributed by atoms with van der Waals surface area (Å²) in [5.74, 6) is 0.190. The van der Waals surface area contributed by atoms with Gasteiger partial charge in [0.15, 0.2) is 0 Å². The molecule has 1 aromatic carbocycles. The zero-order valence-corrected chi connectivity index (χ0v) is 13.9. The Morgan fingerprint density at radius 2 is 2.23 bits per heavy atom. The highest BCUT2D eigenvalue weighted by molar-refractivity contribution is 5.85. The van der Waals surface area contributed by atoms with Gasteiger partial charge < -0.3 is 15.0 Å². The maximum absolute atomic E-state index is 12.4. The van der Waals surface area contributed by atoms with E-state index in [9.17, 15) is 4.79 Å². The molecule has 1 N–H and O–H groups in total. The molecule has 1 aromatic rings. The number of halogens is 1. The Balaban J connectivity index is 0.00000176. The lowest BCUT2D eigenvalue weighted by molar-refractivity contribution is -0.132. The molecule has 0 aromatic heterocycles. The van der Waals surface area contributed by atoms with Crippen LogP contribution in [0.4, 0.5) is 0 Å². The smallest absolute Gasteiger partial charge is 0.237 e. The highest BCUT2D eigenvalue weighted by Gasteiger charge is 2.27. The molecule has 2 aliphatic rings. The fraction of sp³-hybridized carbons (Fsp3) is 0.588. The first kappa shape index (κ1) is 17.3. The van der Waals surface area contributed by atoms with E-state index in [2.05, 4.69) is 36.5 Å². The SMILES string of the molecule is CC1c2ccccc2CCN1C(=O)CNCC1CCCO1.Cl. The van der Waals surface area contributed by atoms with Crippen molar-refractivity contribution in [3.63, 3.8) is 0 Å². The number of fused-ring (bicyclic) bond motifs is 1. The minimum absolute atomic E-state index is 0. The van der Waals surface area contributed by atoms with Crippen LogP contribution in [-0.2, 0) is 16.0 Å². The van der Waals surface area contributed by atoms with Gasteiger partial charge in [0.25, 0.3) is 0 Å². The second-order valence-corrected chi connectivity index (χ2v) is 5.98. The van der Waals surface area contributed by atoms with Gasteiger partial charge in [0.1, 0.15) is 0 Å². The summed E-state index contributed by atoms with van der Waals surface area (Å²) in [6.07, 6.45) is 3.49. The lowest BCUT2D eigenvalue weighted by Gasteiger charge is -2.35. The number of ether oxygens (including phenoxy) is 1. The first-order chi connectivity index (χ1) is 10.3. The Hall–Kier alpha value is -1.10. The molecule has 0 radical (unpaired) electrons. The van der Waals surface area contributed by atoms with Gasteiger partial charge in [-0.2, -0.15) is 0 Å². The van der Waals surface area contributed by atoms with Crippen LogP contribution in [0.5, 0.6) is 0 Å². The van der Waals surface area contributed by atoms with Crippen molar-refractivity contribution in [3.05, 3.63) is 35.4 Å². The Morgan fingerprint density at radius 1 is 1.41 bits per heavy atom. The second kappa shape index (κ2) is 7.95. The maximum atomic E-state index is 12.4. The number of hydrogen-bond donors (Lipinski definition) is 1. The second-order valence-electron chi connectivity index (χ2n) is 5.98. The minimum atomic E-state index is 0. The van der Waals surface area contributed by atoms with Crippen molar-refractivity contribution in [2.75, 3.05) is 26.2 Å². The largest absolute Gasteiger partial charge is 0.377 e. The van der Waals surface area contributed by atoms with E-state index in [1.165, 1.54) is 11.1 Å². The number of rotatable bonds is 4. The van der Waals surface area contributed by atoms with E-state index in [4.69, 9.17) is 4.74 Å². The lowest BCUT2D eigenvalue weighted by atomic mass is 9.93. The van der Waals surface area contributed by atoms with Gasteiger partial charge in [-0.3, -0.25) is 4.79 Å². The molecule has 1 fully saturated rings. The first-order valence-corrected chi connectivity index (χ1v) is 7.95. The molecule has 122 valence electrons. The predicted molar refractivity (Wildman–Crippen MR) is 89.4 cm³/mol. The van der Waals surface area contributed by atoms with Crippen LogP contribution in [0.15, 0.2) is 24.3 Å². The molecule has 2 atom stereocenters. The fourth-order valence-corrected chi connectivity index (χ4v) is 3.36. The maximum Gasteiger partial charge on any atom is 0.237 e. The summed E-state index contributed by atoms with van der Waals surface area (Å²) >= 11 is 0. The van der Waals surface area contributed by atoms with Crippen molar-refractivity contribution >= 4 is 18.3 Å². The van der Waals surface area contributed by atoms with Crippen LogP contribution < -0.4 is 5.32 Å². The van der Waals surface area contributed by atoms with Crippen molar-refractivity contribution in [1.82, 2.24) is 10.2 Å². The lowest BCUT2D eigenvalue weighted by Crippen LogP contribution is -2.44. The zero-order valence-electron chi connectivity index (χ0n) is 13.1. The van der Waals surface area contributed by atoms with Gasteiger partial charge in [0, 0.05) is 19.7 Å². The van der Waals surface area contributed by atoms with E-state index in [0.29, 0.717) is 6.54 Å². The zero-order chi connectivity index (χ0) is 14.7. The summed E-state index contributed by atoms with van der Waals surface area (Å²) in [6.45, 7) is 4.99. The molecule has 0 saturated carbocycles. The van der Waals surface area contributed by atoms with E-state index in [1.54, 1.807) is 0 Å². The number of carbonyl (C=O) groups is 1. The van der Waals surface area contributed by atoms with Crippen LogP contribution in [-0.4, -0.2) is 43.2 Å². The van der Waals surface area contributed by atoms with Gasteiger partial charge in [-0.15, -0.1) is 12.4 Å². The van der Waals surface area contributed by atoms with Gasteiger partial charge in [0.05, 0.1) is 18.7 Å². The van der Waals surface area contributed by atoms with Gasteiger partial charge in [-0.05, 0) is 37.3 Å². The molecule has 1 saturated heterocycles. The third kappa shape index (κ3) is 3.80. The highest BCUT2D eigenvalue weighted by Crippen LogP contribution is 2.28. The van der Waals surface area contributed by atoms with Crippen LogP contribution in [0, 0.1) is 0 Å². The molecular formula is C17H25ClN2O2. The summed E-state index contributed by atoms with van der Waals surface area (Å²) in [5, 5.41) is 3.25. The number of benzene rings is 1. The van der Waals surface area contributed by atoms with Gasteiger partial charge >= 0.3 is 0 Å². The molecule has 22 heavy (non-hydrogen) atoms. The van der Waals surface area contributed by atoms with Crippen molar-refractivity contribution in [2.24, 2.45) is 0 Å². The molecule has 5 heteroatoms. The van der Waals surface area contributed by atoms with E-state index in [1.807, 2.05) is 4.90 Å². The van der Waals surface area contributed by atoms with Crippen LogP contribution in [0.25, 0.3) is 0 Å². The van der Waals surface area contributed by atoms with Crippen LogP contribution in [0.1, 0.15) is 36.9 Å². The van der Waals surface area contributed by atoms with E-state index in [-0.39, 0.29) is 30.5 Å². The molecule has 0 spiro atoms. The Kier molecular flexibility index (Phi) is 6.24. The summed E-state index contributed by atoms with van der Waals surface area (Å²) in [4.78, 5) is 14.4. The number of nitrogens with zero attached hydrogens (tertiary/aromatic N) is 1. The Morgan fingerprint density at radius 3 is 3.00 bits per heavy atom. The summed E-state index contributed by atoms with van der Waals surface area (Å²) in [7, 11) is 0. The fourth-order valence-electron chi connectivity index (χ4n) is 3.36. The van der Waals surface area contributed by atoms with Crippen molar-refractivity contribution < 1.29 is 9.53 Å². The van der Waals surface area contributed by atoms with Crippen molar-refractivity contribution in [3.8, 4) is 0 Å². The van der Waals surface area contributed by atoms with Crippen molar-refractivity contribution in [1.29, 1.82) is 0 Å². The Labute approximate surface area is 138 Å². The highest BCUT2D eigenvalue weighted by atomic mass is 35.5. The molecule has 0 aliphatic carbocycles. The normalized spacial score (nSPS) is 23.8. The molecule has 4 nitrogen and oxygen atoms in total. The van der Waals surface area contributed by atoms with Gasteiger partial charge in [-0.25, -0.2) is 0 Å². The summed E-state index contributed by atoms with van der Waals surface area (Å²) < 4.78 is 5.56. The van der Waals surface area contributed by atoms with Crippen LogP contribution in [0.2, 0.25) is 0 Å². The first-order valence-electron chi connectivity index (χ1n) is 7.95. The average Bonchev–Trinajstić information content (AvgIpc) is 3.01. The number of amides is 1. The molecule has 3 rings (SSSR count). The number of nitrogens with one attached hydrogen (secondary N) is 1. The third-order valence-corrected chi connectivity index (χ3v) is 4.59. The number of hydrogen-bond acceptors (Lipinski definition) is 3. The molecule has 0 bridgehead atoms.